The first-order valence-electron chi connectivity index (χ1n) is 5.79. The summed E-state index contributed by atoms with van der Waals surface area (Å²) in [7, 11) is 0. The number of ether oxygens (including phenoxy) is 1. The van der Waals surface area contributed by atoms with Crippen LogP contribution >= 0.6 is 11.6 Å². The van der Waals surface area contributed by atoms with Crippen molar-refractivity contribution in [2.24, 2.45) is 0 Å². The minimum atomic E-state index is -0.702. The standard InChI is InChI=1S/C13H15ClN2O2/c1-2-16-12(6-7-15-16)13(17)9-18-11-5-3-4-10(14)8-11/h3-8,13,17H,2,9H2,1H3. The zero-order valence-electron chi connectivity index (χ0n) is 10.1. The van der Waals surface area contributed by atoms with Gasteiger partial charge in [0.15, 0.2) is 0 Å². The number of hydrogen-bond acceptors (Lipinski definition) is 3. The van der Waals surface area contributed by atoms with E-state index < -0.39 is 6.10 Å². The van der Waals surface area contributed by atoms with Crippen molar-refractivity contribution < 1.29 is 9.84 Å². The second-order valence-electron chi connectivity index (χ2n) is 3.86. The Balaban J connectivity index is 1.98. The molecular weight excluding hydrogens is 252 g/mol. The van der Waals surface area contributed by atoms with Crippen LogP contribution in [0.5, 0.6) is 5.75 Å². The molecule has 0 spiro atoms. The van der Waals surface area contributed by atoms with E-state index in [0.29, 0.717) is 10.8 Å². The molecule has 96 valence electrons. The molecule has 0 saturated heterocycles. The lowest BCUT2D eigenvalue weighted by atomic mass is 10.2. The second kappa shape index (κ2) is 5.89. The van der Waals surface area contributed by atoms with Crippen molar-refractivity contribution in [1.29, 1.82) is 0 Å². The van der Waals surface area contributed by atoms with Crippen molar-refractivity contribution in [3.05, 3.63) is 47.2 Å². The predicted molar refractivity (Wildman–Crippen MR) is 69.8 cm³/mol. The molecule has 1 aromatic heterocycles. The highest BCUT2D eigenvalue weighted by molar-refractivity contribution is 6.30. The van der Waals surface area contributed by atoms with Crippen molar-refractivity contribution in [2.45, 2.75) is 19.6 Å². The fourth-order valence-electron chi connectivity index (χ4n) is 1.71. The summed E-state index contributed by atoms with van der Waals surface area (Å²) in [6.07, 6.45) is 0.966. The van der Waals surface area contributed by atoms with Gasteiger partial charge in [-0.1, -0.05) is 17.7 Å². The van der Waals surface area contributed by atoms with E-state index >= 15 is 0 Å². The van der Waals surface area contributed by atoms with Crippen LogP contribution in [-0.2, 0) is 6.54 Å². The van der Waals surface area contributed by atoms with Crippen LogP contribution in [0.25, 0.3) is 0 Å². The Morgan fingerprint density at radius 2 is 2.28 bits per heavy atom. The Labute approximate surface area is 111 Å². The second-order valence-corrected chi connectivity index (χ2v) is 4.29. The highest BCUT2D eigenvalue weighted by Crippen LogP contribution is 2.19. The molecule has 1 atom stereocenters. The number of aliphatic hydroxyl groups excluding tert-OH is 1. The summed E-state index contributed by atoms with van der Waals surface area (Å²) in [5.41, 5.74) is 0.750. The first kappa shape index (κ1) is 12.9. The van der Waals surface area contributed by atoms with Gasteiger partial charge in [-0.3, -0.25) is 4.68 Å². The molecule has 0 bridgehead atoms. The maximum atomic E-state index is 10.0. The van der Waals surface area contributed by atoms with Crippen LogP contribution in [0.3, 0.4) is 0 Å². The normalized spacial score (nSPS) is 12.4. The number of hydrogen-bond donors (Lipinski definition) is 1. The molecule has 1 N–H and O–H groups in total. The van der Waals surface area contributed by atoms with E-state index in [-0.39, 0.29) is 6.61 Å². The Bertz CT molecular complexity index is 513. The molecule has 0 fully saturated rings. The molecule has 0 aliphatic carbocycles. The van der Waals surface area contributed by atoms with Gasteiger partial charge in [0.05, 0.1) is 5.69 Å². The van der Waals surface area contributed by atoms with Gasteiger partial charge in [0.25, 0.3) is 0 Å². The molecule has 4 nitrogen and oxygen atoms in total. The molecule has 1 heterocycles. The van der Waals surface area contributed by atoms with Gasteiger partial charge in [-0.25, -0.2) is 0 Å². The number of benzene rings is 1. The number of nitrogens with zero attached hydrogens (tertiary/aromatic N) is 2. The van der Waals surface area contributed by atoms with E-state index in [1.165, 1.54) is 0 Å². The third-order valence-corrected chi connectivity index (χ3v) is 2.83. The third-order valence-electron chi connectivity index (χ3n) is 2.59. The van der Waals surface area contributed by atoms with Gasteiger partial charge in [0, 0.05) is 17.8 Å². The minimum absolute atomic E-state index is 0.173. The summed E-state index contributed by atoms with van der Waals surface area (Å²) in [6.45, 7) is 2.86. The molecule has 0 aliphatic rings. The van der Waals surface area contributed by atoms with Gasteiger partial charge in [0.2, 0.25) is 0 Å². The number of rotatable bonds is 5. The van der Waals surface area contributed by atoms with Crippen molar-refractivity contribution in [1.82, 2.24) is 9.78 Å². The Kier molecular flexibility index (Phi) is 4.23. The maximum absolute atomic E-state index is 10.0. The van der Waals surface area contributed by atoms with E-state index in [1.807, 2.05) is 6.92 Å². The Morgan fingerprint density at radius 1 is 1.44 bits per heavy atom. The summed E-state index contributed by atoms with van der Waals surface area (Å²) in [5, 5.41) is 14.7. The zero-order valence-corrected chi connectivity index (χ0v) is 10.8. The lowest BCUT2D eigenvalue weighted by Gasteiger charge is -2.13. The minimum Gasteiger partial charge on any atom is -0.490 e. The highest BCUT2D eigenvalue weighted by atomic mass is 35.5. The summed E-state index contributed by atoms with van der Waals surface area (Å²) >= 11 is 5.85. The molecule has 2 rings (SSSR count). The lowest BCUT2D eigenvalue weighted by Crippen LogP contribution is -2.14. The van der Waals surface area contributed by atoms with Gasteiger partial charge in [0.1, 0.15) is 18.5 Å². The van der Waals surface area contributed by atoms with Crippen molar-refractivity contribution >= 4 is 11.6 Å². The largest absolute Gasteiger partial charge is 0.490 e. The van der Waals surface area contributed by atoms with Crippen molar-refractivity contribution in [3.8, 4) is 5.75 Å². The van der Waals surface area contributed by atoms with E-state index in [2.05, 4.69) is 5.10 Å². The van der Waals surface area contributed by atoms with Gasteiger partial charge >= 0.3 is 0 Å². The molecule has 1 unspecified atom stereocenters. The van der Waals surface area contributed by atoms with Crippen molar-refractivity contribution in [3.63, 3.8) is 0 Å². The highest BCUT2D eigenvalue weighted by Gasteiger charge is 2.13. The van der Waals surface area contributed by atoms with Crippen molar-refractivity contribution in [2.75, 3.05) is 6.61 Å². The average molecular weight is 267 g/mol. The molecule has 2 aromatic rings. The maximum Gasteiger partial charge on any atom is 0.129 e. The quantitative estimate of drug-likeness (QED) is 0.905. The molecule has 1 aromatic carbocycles. The van der Waals surface area contributed by atoms with E-state index in [0.717, 1.165) is 12.2 Å². The first-order valence-corrected chi connectivity index (χ1v) is 6.16. The van der Waals surface area contributed by atoms with Gasteiger partial charge in [-0.15, -0.1) is 0 Å². The van der Waals surface area contributed by atoms with E-state index in [1.54, 1.807) is 41.2 Å². The number of aryl methyl sites for hydroxylation is 1. The topological polar surface area (TPSA) is 47.3 Å². The fraction of sp³-hybridized carbons (Fsp3) is 0.308. The molecule has 0 radical (unpaired) electrons. The molecule has 18 heavy (non-hydrogen) atoms. The van der Waals surface area contributed by atoms with Crippen LogP contribution in [0.4, 0.5) is 0 Å². The van der Waals surface area contributed by atoms with Gasteiger partial charge in [-0.05, 0) is 31.2 Å². The smallest absolute Gasteiger partial charge is 0.129 e. The SMILES string of the molecule is CCn1nccc1C(O)COc1cccc(Cl)c1. The third kappa shape index (κ3) is 3.03. The van der Waals surface area contributed by atoms with Crippen LogP contribution < -0.4 is 4.74 Å². The fourth-order valence-corrected chi connectivity index (χ4v) is 1.89. The molecule has 0 saturated carbocycles. The molecule has 5 heteroatoms. The van der Waals surface area contributed by atoms with E-state index in [4.69, 9.17) is 16.3 Å². The monoisotopic (exact) mass is 266 g/mol. The van der Waals surface area contributed by atoms with Crippen LogP contribution in [0.1, 0.15) is 18.7 Å². The number of halogens is 1. The summed E-state index contributed by atoms with van der Waals surface area (Å²) < 4.78 is 7.24. The van der Waals surface area contributed by atoms with Gasteiger partial charge in [-0.2, -0.15) is 5.10 Å². The van der Waals surface area contributed by atoms with Crippen LogP contribution in [0.15, 0.2) is 36.5 Å². The molecule has 0 aliphatic heterocycles. The first-order chi connectivity index (χ1) is 8.70. The van der Waals surface area contributed by atoms with Crippen LogP contribution in [0, 0.1) is 0 Å². The Hall–Kier alpha value is -1.52. The number of aromatic nitrogens is 2. The molecular formula is C13H15ClN2O2. The summed E-state index contributed by atoms with van der Waals surface area (Å²) in [6, 6.07) is 8.88. The summed E-state index contributed by atoms with van der Waals surface area (Å²) in [5.74, 6) is 0.643. The van der Waals surface area contributed by atoms with Crippen LogP contribution in [-0.4, -0.2) is 21.5 Å². The van der Waals surface area contributed by atoms with Gasteiger partial charge < -0.3 is 9.84 Å². The number of aliphatic hydroxyl groups is 1. The average Bonchev–Trinajstić information content (AvgIpc) is 2.84. The lowest BCUT2D eigenvalue weighted by molar-refractivity contribution is 0.100. The molecule has 0 amide bonds. The van der Waals surface area contributed by atoms with Crippen LogP contribution in [0.2, 0.25) is 5.02 Å². The summed E-state index contributed by atoms with van der Waals surface area (Å²) in [4.78, 5) is 0. The van der Waals surface area contributed by atoms with E-state index in [9.17, 15) is 5.11 Å². The predicted octanol–water partition coefficient (Wildman–Crippen LogP) is 2.67. The Morgan fingerprint density at radius 3 is 3.00 bits per heavy atom. The zero-order chi connectivity index (χ0) is 13.0.